The maximum atomic E-state index is 13.5. The minimum Gasteiger partial charge on any atom is -0.470 e. The van der Waals surface area contributed by atoms with Gasteiger partial charge in [0.25, 0.3) is 6.71 Å². The number of unbranched alkanes of at least 4 members (excludes halogenated alkanes) is 1. The van der Waals surface area contributed by atoms with Crippen LogP contribution in [0, 0.1) is 11.3 Å². The Morgan fingerprint density at radius 3 is 2.09 bits per heavy atom. The van der Waals surface area contributed by atoms with Crippen LogP contribution < -0.4 is 16.3 Å². The molecular formula is C62H82BF3N2O. The van der Waals surface area contributed by atoms with Crippen LogP contribution in [0.4, 0.5) is 18.9 Å². The van der Waals surface area contributed by atoms with Crippen LogP contribution >= 0.6 is 0 Å². The number of furan rings is 1. The van der Waals surface area contributed by atoms with Crippen molar-refractivity contribution in [3.63, 3.8) is 0 Å². The summed E-state index contributed by atoms with van der Waals surface area (Å²) in [6.45, 7) is 45.1. The zero-order valence-electron chi connectivity index (χ0n) is 44.3. The van der Waals surface area contributed by atoms with Crippen LogP contribution in [-0.4, -0.2) is 18.9 Å². The summed E-state index contributed by atoms with van der Waals surface area (Å²) in [4.78, 5) is 0. The normalized spacial score (nSPS) is 17.0. The molecular weight excluding hydrogens is 857 g/mol. The molecule has 2 N–H and O–H groups in total. The van der Waals surface area contributed by atoms with Crippen molar-refractivity contribution in [1.82, 2.24) is 5.32 Å². The van der Waals surface area contributed by atoms with Crippen LogP contribution in [0.15, 0.2) is 168 Å². The standard InChI is InChI=1S/C62H82BF3N2O/c1-18-22-26-44(7)45(19-2)28-24-35-63(57-39-47-38-49(59(11,12)13)30-31-56(47)69-57)53(55(37-43(5)6)67-36-25-29-48(21-4)58(8,9)10)42-68-54-41-52-51(60(14,15)33-34-61(52,16)17)40-50(54)46(20-3)27-23-32-62(64,65)66/h19-21,23-25,27-32,35-36,38-42,44,55,67-68H,2-5,18,22,26,33-34,37H2,1,6-17H3/b32-23+,35-24+,36-25+,45-28+,46-27+,48-29+,53-42-. The van der Waals surface area contributed by atoms with Crippen molar-refractivity contribution in [2.24, 2.45) is 11.3 Å². The molecule has 2 unspecified atom stereocenters. The summed E-state index contributed by atoms with van der Waals surface area (Å²) in [6.07, 6.45) is 22.2. The second-order valence-electron chi connectivity index (χ2n) is 22.5. The van der Waals surface area contributed by atoms with E-state index in [-0.39, 0.29) is 33.8 Å². The predicted molar refractivity (Wildman–Crippen MR) is 296 cm³/mol. The molecule has 3 nitrogen and oxygen atoms in total. The number of hydrogen-bond acceptors (Lipinski definition) is 3. The molecule has 1 aliphatic carbocycles. The Hall–Kier alpha value is -5.43. The van der Waals surface area contributed by atoms with Gasteiger partial charge in [0.05, 0.1) is 5.66 Å². The van der Waals surface area contributed by atoms with Gasteiger partial charge in [-0.2, -0.15) is 13.2 Å². The first-order chi connectivity index (χ1) is 32.1. The molecule has 4 rings (SSSR count). The Balaban J connectivity index is 2.13. The fourth-order valence-electron chi connectivity index (χ4n) is 9.08. The van der Waals surface area contributed by atoms with Gasteiger partial charge < -0.3 is 15.1 Å². The lowest BCUT2D eigenvalue weighted by molar-refractivity contribution is -0.0798. The molecule has 2 aromatic carbocycles. The van der Waals surface area contributed by atoms with E-state index in [1.807, 2.05) is 31.4 Å². The van der Waals surface area contributed by atoms with Crippen molar-refractivity contribution in [1.29, 1.82) is 0 Å². The average molecular weight is 939 g/mol. The number of nitrogens with one attached hydrogen (secondary N) is 2. The minimum absolute atomic E-state index is 0.0619. The lowest BCUT2D eigenvalue weighted by atomic mass is 9.41. The summed E-state index contributed by atoms with van der Waals surface area (Å²) in [7, 11) is 0. The summed E-state index contributed by atoms with van der Waals surface area (Å²) in [6, 6.07) is 12.7. The molecule has 0 radical (unpaired) electrons. The molecule has 69 heavy (non-hydrogen) atoms. The van der Waals surface area contributed by atoms with E-state index in [0.29, 0.717) is 17.9 Å². The van der Waals surface area contributed by atoms with Gasteiger partial charge in [-0.1, -0.05) is 176 Å². The lowest BCUT2D eigenvalue weighted by Crippen LogP contribution is -2.41. The van der Waals surface area contributed by atoms with Crippen LogP contribution in [0.5, 0.6) is 0 Å². The molecule has 7 heteroatoms. The first-order valence-corrected chi connectivity index (χ1v) is 24.8. The summed E-state index contributed by atoms with van der Waals surface area (Å²) in [5.74, 6) is 2.54. The Bertz CT molecular complexity index is 2530. The van der Waals surface area contributed by atoms with Crippen LogP contribution in [0.2, 0.25) is 0 Å². The molecule has 0 saturated heterocycles. The third-order valence-electron chi connectivity index (χ3n) is 13.6. The summed E-state index contributed by atoms with van der Waals surface area (Å²) < 4.78 is 47.4. The van der Waals surface area contributed by atoms with Crippen LogP contribution in [0.25, 0.3) is 16.5 Å². The molecule has 1 aromatic heterocycles. The van der Waals surface area contributed by atoms with Gasteiger partial charge >= 0.3 is 6.18 Å². The van der Waals surface area contributed by atoms with Crippen LogP contribution in [-0.2, 0) is 16.2 Å². The van der Waals surface area contributed by atoms with E-state index in [2.05, 4.69) is 187 Å². The maximum absolute atomic E-state index is 13.5. The second kappa shape index (κ2) is 23.5. The number of benzene rings is 2. The van der Waals surface area contributed by atoms with Gasteiger partial charge in [-0.15, -0.1) is 12.6 Å². The van der Waals surface area contributed by atoms with E-state index < -0.39 is 12.9 Å². The van der Waals surface area contributed by atoms with Crippen LogP contribution in [0.3, 0.4) is 0 Å². The van der Waals surface area contributed by atoms with Gasteiger partial charge in [0.1, 0.15) is 5.58 Å². The van der Waals surface area contributed by atoms with Gasteiger partial charge in [-0.05, 0) is 148 Å². The zero-order chi connectivity index (χ0) is 51.5. The van der Waals surface area contributed by atoms with Crippen LogP contribution in [0.1, 0.15) is 151 Å². The van der Waals surface area contributed by atoms with Crippen molar-refractivity contribution in [2.75, 3.05) is 5.32 Å². The molecule has 0 fully saturated rings. The molecule has 1 aliphatic rings. The van der Waals surface area contributed by atoms with Gasteiger partial charge in [0.2, 0.25) is 0 Å². The van der Waals surface area contributed by atoms with E-state index in [0.717, 1.165) is 88.3 Å². The fraction of sp³-hybridized carbons (Fsp3) is 0.419. The van der Waals surface area contributed by atoms with E-state index >= 15 is 0 Å². The van der Waals surface area contributed by atoms with Crippen molar-refractivity contribution in [3.8, 4) is 0 Å². The topological polar surface area (TPSA) is 37.2 Å². The number of rotatable bonds is 21. The van der Waals surface area contributed by atoms with E-state index in [1.54, 1.807) is 6.08 Å². The van der Waals surface area contributed by atoms with Gasteiger partial charge in [0, 0.05) is 28.8 Å². The lowest BCUT2D eigenvalue weighted by Gasteiger charge is -2.42. The molecule has 370 valence electrons. The maximum Gasteiger partial charge on any atom is 0.409 e. The summed E-state index contributed by atoms with van der Waals surface area (Å²) in [5.41, 5.74) is 11.0. The van der Waals surface area contributed by atoms with Gasteiger partial charge in [-0.3, -0.25) is 0 Å². The van der Waals surface area contributed by atoms with Gasteiger partial charge in [-0.25, -0.2) is 0 Å². The third kappa shape index (κ3) is 15.5. The van der Waals surface area contributed by atoms with E-state index in [4.69, 9.17) is 4.42 Å². The SMILES string of the molecule is C=C/C(=C\C=C\B(/C(=C\Nc1cc2c(cc1/C(C=C)=C/C=C/C(F)(F)F)C(C)(C)CCC2(C)C)C(CC(=C)C)N/C=C/C=C(\C=C)C(C)(C)C)c1cc2cc(C(C)(C)C)ccc2o1)C(C)CCCC. The number of halogens is 3. The van der Waals surface area contributed by atoms with Gasteiger partial charge in [0.15, 0.2) is 0 Å². The molecule has 1 heterocycles. The molecule has 0 bridgehead atoms. The Labute approximate surface area is 415 Å². The number of fused-ring (bicyclic) bond motifs is 2. The Morgan fingerprint density at radius 1 is 0.855 bits per heavy atom. The highest BCUT2D eigenvalue weighted by Gasteiger charge is 2.38. The third-order valence-corrected chi connectivity index (χ3v) is 13.6. The number of alkyl halides is 3. The largest absolute Gasteiger partial charge is 0.470 e. The minimum atomic E-state index is -4.46. The molecule has 0 saturated carbocycles. The molecule has 2 atom stereocenters. The highest BCUT2D eigenvalue weighted by Crippen LogP contribution is 2.48. The smallest absolute Gasteiger partial charge is 0.409 e. The Kier molecular flexibility index (Phi) is 19.1. The van der Waals surface area contributed by atoms with E-state index in [1.165, 1.54) is 22.8 Å². The van der Waals surface area contributed by atoms with Crippen molar-refractivity contribution < 1.29 is 17.6 Å². The summed E-state index contributed by atoms with van der Waals surface area (Å²) >= 11 is 0. The molecule has 0 spiro atoms. The predicted octanol–water partition coefficient (Wildman–Crippen LogP) is 17.6. The van der Waals surface area contributed by atoms with Crippen molar-refractivity contribution in [2.45, 2.75) is 157 Å². The number of anilines is 1. The number of hydrogen-bond donors (Lipinski definition) is 2. The van der Waals surface area contributed by atoms with Crippen molar-refractivity contribution in [3.05, 3.63) is 186 Å². The zero-order valence-corrected chi connectivity index (χ0v) is 44.3. The first-order valence-electron chi connectivity index (χ1n) is 24.8. The Morgan fingerprint density at radius 2 is 1.52 bits per heavy atom. The monoisotopic (exact) mass is 939 g/mol. The van der Waals surface area contributed by atoms with E-state index in [9.17, 15) is 13.2 Å². The highest BCUT2D eigenvalue weighted by atomic mass is 19.4. The quantitative estimate of drug-likeness (QED) is 0.0635. The molecule has 0 aliphatic heterocycles. The molecule has 3 aromatic rings. The molecule has 0 amide bonds. The number of allylic oxidation sites excluding steroid dienone is 13. The summed E-state index contributed by atoms with van der Waals surface area (Å²) in [5, 5.41) is 8.57. The average Bonchev–Trinajstić information content (AvgIpc) is 3.68. The van der Waals surface area contributed by atoms with Crippen molar-refractivity contribution >= 4 is 34.6 Å². The second-order valence-corrected chi connectivity index (χ2v) is 22.5. The first kappa shape index (κ1) is 56.2. The highest BCUT2D eigenvalue weighted by molar-refractivity contribution is 6.83. The fourth-order valence-corrected chi connectivity index (χ4v) is 9.08.